The van der Waals surface area contributed by atoms with E-state index in [9.17, 15) is 0 Å². The molecule has 4 heteroatoms. The van der Waals surface area contributed by atoms with Gasteiger partial charge in [0.2, 0.25) is 0 Å². The summed E-state index contributed by atoms with van der Waals surface area (Å²) in [6, 6.07) is 0. The molecule has 0 heterocycles. The average molecular weight is 215 g/mol. The molecule has 3 nitrogen and oxygen atoms in total. The van der Waals surface area contributed by atoms with E-state index in [0.717, 1.165) is 11.8 Å². The zero-order chi connectivity index (χ0) is 10.6. The summed E-state index contributed by atoms with van der Waals surface area (Å²) in [5.41, 5.74) is 5.41. The second-order valence-corrected chi connectivity index (χ2v) is 4.40. The standard InChI is InChI=1S/C8H17NS.C2H4N2/c9-7-10-6-8-4-2-1-3-5-8;1-3-4-2/h8H,1-7,9H2;1-2H2. The highest BCUT2D eigenvalue weighted by molar-refractivity contribution is 7.99. The number of hydrogen-bond acceptors (Lipinski definition) is 4. The zero-order valence-corrected chi connectivity index (χ0v) is 9.64. The Morgan fingerprint density at radius 2 is 1.71 bits per heavy atom. The van der Waals surface area contributed by atoms with Crippen molar-refractivity contribution in [3.05, 3.63) is 0 Å². The van der Waals surface area contributed by atoms with Gasteiger partial charge in [-0.25, -0.2) is 0 Å². The van der Waals surface area contributed by atoms with E-state index in [1.807, 2.05) is 11.8 Å². The van der Waals surface area contributed by atoms with Gasteiger partial charge in [0.25, 0.3) is 0 Å². The fourth-order valence-electron chi connectivity index (χ4n) is 1.59. The van der Waals surface area contributed by atoms with Gasteiger partial charge in [0.15, 0.2) is 0 Å². The smallest absolute Gasteiger partial charge is 0.0392 e. The molecule has 0 radical (unpaired) electrons. The highest BCUT2D eigenvalue weighted by atomic mass is 32.2. The van der Waals surface area contributed by atoms with Crippen LogP contribution in [0.2, 0.25) is 0 Å². The van der Waals surface area contributed by atoms with E-state index in [1.165, 1.54) is 37.9 Å². The van der Waals surface area contributed by atoms with Crippen LogP contribution in [0.5, 0.6) is 0 Å². The molecule has 2 N–H and O–H groups in total. The van der Waals surface area contributed by atoms with Crippen molar-refractivity contribution in [1.29, 1.82) is 0 Å². The van der Waals surface area contributed by atoms with Crippen molar-refractivity contribution in [2.24, 2.45) is 21.9 Å². The van der Waals surface area contributed by atoms with Gasteiger partial charge in [-0.15, -0.1) is 11.8 Å². The molecule has 0 unspecified atom stereocenters. The third-order valence-electron chi connectivity index (χ3n) is 2.30. The first-order chi connectivity index (χ1) is 6.85. The topological polar surface area (TPSA) is 50.7 Å². The normalized spacial score (nSPS) is 16.6. The van der Waals surface area contributed by atoms with Crippen molar-refractivity contribution in [1.82, 2.24) is 0 Å². The van der Waals surface area contributed by atoms with E-state index in [2.05, 4.69) is 23.6 Å². The molecular formula is C10H21N3S. The second kappa shape index (κ2) is 10.7. The lowest BCUT2D eigenvalue weighted by atomic mass is 9.91. The van der Waals surface area contributed by atoms with Crippen LogP contribution in [0.25, 0.3) is 0 Å². The summed E-state index contributed by atoms with van der Waals surface area (Å²) in [6.07, 6.45) is 7.27. The van der Waals surface area contributed by atoms with Crippen LogP contribution in [0.4, 0.5) is 0 Å². The molecule has 1 saturated carbocycles. The van der Waals surface area contributed by atoms with Gasteiger partial charge in [0.1, 0.15) is 0 Å². The summed E-state index contributed by atoms with van der Waals surface area (Å²) in [7, 11) is 0. The first-order valence-corrected chi connectivity index (χ1v) is 6.20. The van der Waals surface area contributed by atoms with Gasteiger partial charge in [-0.2, -0.15) is 10.2 Å². The molecule has 0 saturated heterocycles. The predicted molar refractivity (Wildman–Crippen MR) is 67.2 cm³/mol. The molecule has 1 aliphatic carbocycles. The molecule has 0 spiro atoms. The fourth-order valence-corrected chi connectivity index (χ4v) is 2.39. The van der Waals surface area contributed by atoms with Gasteiger partial charge < -0.3 is 5.73 Å². The number of nitrogens with zero attached hydrogens (tertiary/aromatic N) is 2. The van der Waals surface area contributed by atoms with Gasteiger partial charge in [-0.1, -0.05) is 19.3 Å². The number of hydrogen-bond donors (Lipinski definition) is 1. The van der Waals surface area contributed by atoms with Crippen LogP contribution in [-0.4, -0.2) is 25.1 Å². The lowest BCUT2D eigenvalue weighted by molar-refractivity contribution is 0.391. The fraction of sp³-hybridized carbons (Fsp3) is 0.800. The molecule has 0 amide bonds. The lowest BCUT2D eigenvalue weighted by Gasteiger charge is -2.20. The minimum absolute atomic E-state index is 0.802. The van der Waals surface area contributed by atoms with Crippen molar-refractivity contribution in [3.8, 4) is 0 Å². The summed E-state index contributed by atoms with van der Waals surface area (Å²) >= 11 is 1.89. The molecule has 0 atom stereocenters. The Morgan fingerprint density at radius 1 is 1.14 bits per heavy atom. The Labute approximate surface area is 91.2 Å². The number of rotatable bonds is 4. The third-order valence-corrected chi connectivity index (χ3v) is 3.24. The molecule has 14 heavy (non-hydrogen) atoms. The van der Waals surface area contributed by atoms with E-state index >= 15 is 0 Å². The van der Waals surface area contributed by atoms with Crippen LogP contribution in [0.1, 0.15) is 32.1 Å². The highest BCUT2D eigenvalue weighted by Gasteiger charge is 2.12. The van der Waals surface area contributed by atoms with E-state index < -0.39 is 0 Å². The SMILES string of the molecule is C=NN=C.NCSCC1CCCCC1. The largest absolute Gasteiger partial charge is 0.322 e. The zero-order valence-electron chi connectivity index (χ0n) is 8.82. The van der Waals surface area contributed by atoms with Crippen molar-refractivity contribution >= 4 is 25.2 Å². The van der Waals surface area contributed by atoms with Crippen molar-refractivity contribution in [3.63, 3.8) is 0 Å². The Hall–Kier alpha value is -0.350. The molecule has 0 aromatic carbocycles. The van der Waals surface area contributed by atoms with Crippen LogP contribution in [-0.2, 0) is 0 Å². The molecule has 1 fully saturated rings. The van der Waals surface area contributed by atoms with Gasteiger partial charge in [0, 0.05) is 19.3 Å². The summed E-state index contributed by atoms with van der Waals surface area (Å²) < 4.78 is 0. The summed E-state index contributed by atoms with van der Waals surface area (Å²) in [6.45, 7) is 6.00. The molecule has 1 rings (SSSR count). The maximum absolute atomic E-state index is 5.41. The van der Waals surface area contributed by atoms with E-state index in [4.69, 9.17) is 5.73 Å². The van der Waals surface area contributed by atoms with E-state index in [1.54, 1.807) is 0 Å². The van der Waals surface area contributed by atoms with E-state index in [-0.39, 0.29) is 0 Å². The van der Waals surface area contributed by atoms with Gasteiger partial charge in [-0.05, 0) is 24.5 Å². The first kappa shape index (κ1) is 13.7. The minimum atomic E-state index is 0.802. The first-order valence-electron chi connectivity index (χ1n) is 5.04. The van der Waals surface area contributed by atoms with Gasteiger partial charge >= 0.3 is 0 Å². The van der Waals surface area contributed by atoms with Crippen molar-refractivity contribution in [2.75, 3.05) is 11.6 Å². The van der Waals surface area contributed by atoms with Crippen LogP contribution in [0.3, 0.4) is 0 Å². The van der Waals surface area contributed by atoms with Gasteiger partial charge in [-0.3, -0.25) is 0 Å². The van der Waals surface area contributed by atoms with E-state index in [0.29, 0.717) is 0 Å². The lowest BCUT2D eigenvalue weighted by Crippen LogP contribution is -2.10. The highest BCUT2D eigenvalue weighted by Crippen LogP contribution is 2.25. The Balaban J connectivity index is 0.000000364. The van der Waals surface area contributed by atoms with Gasteiger partial charge in [0.05, 0.1) is 0 Å². The van der Waals surface area contributed by atoms with Crippen LogP contribution >= 0.6 is 11.8 Å². The van der Waals surface area contributed by atoms with Crippen molar-refractivity contribution < 1.29 is 0 Å². The maximum atomic E-state index is 5.41. The number of nitrogens with two attached hydrogens (primary N) is 1. The van der Waals surface area contributed by atoms with Crippen LogP contribution < -0.4 is 5.73 Å². The molecule has 82 valence electrons. The predicted octanol–water partition coefficient (Wildman–Crippen LogP) is 2.52. The summed E-state index contributed by atoms with van der Waals surface area (Å²) in [4.78, 5) is 0. The second-order valence-electron chi connectivity index (χ2n) is 3.32. The molecule has 0 aromatic rings. The monoisotopic (exact) mass is 215 g/mol. The van der Waals surface area contributed by atoms with Crippen molar-refractivity contribution in [2.45, 2.75) is 32.1 Å². The summed E-state index contributed by atoms with van der Waals surface area (Å²) in [5.74, 6) is 3.09. The molecule has 0 bridgehead atoms. The molecular weight excluding hydrogens is 194 g/mol. The Bertz CT molecular complexity index is 138. The quantitative estimate of drug-likeness (QED) is 0.445. The molecule has 1 aliphatic rings. The molecule has 0 aromatic heterocycles. The van der Waals surface area contributed by atoms with Crippen LogP contribution in [0.15, 0.2) is 10.2 Å². The minimum Gasteiger partial charge on any atom is -0.322 e. The van der Waals surface area contributed by atoms with Crippen LogP contribution in [0, 0.1) is 5.92 Å². The number of thioether (sulfide) groups is 1. The maximum Gasteiger partial charge on any atom is 0.0392 e. The molecule has 0 aliphatic heterocycles. The summed E-state index contributed by atoms with van der Waals surface area (Å²) in [5, 5.41) is 6.00. The average Bonchev–Trinajstić information content (AvgIpc) is 2.28. The Morgan fingerprint density at radius 3 is 2.14 bits per heavy atom. The third kappa shape index (κ3) is 8.26. The Kier molecular flexibility index (Phi) is 10.5.